The molecule has 1 fully saturated rings. The average Bonchev–Trinajstić information content (AvgIpc) is 2.44. The van der Waals surface area contributed by atoms with Crippen molar-refractivity contribution in [1.29, 1.82) is 0 Å². The van der Waals surface area contributed by atoms with Crippen LogP contribution in [-0.4, -0.2) is 69.7 Å². The van der Waals surface area contributed by atoms with Gasteiger partial charge in [-0.1, -0.05) is 0 Å². The lowest BCUT2D eigenvalue weighted by atomic mass is 10.2. The standard InChI is InChI=1S/C15H31N3O3S.HI/c1-5-16-14(17-9-7-6-8-11-21-4)18-10-12-22(19,20)15(2,3)13-18;/h5-13H2,1-4H3,(H,16,17);1H. The van der Waals surface area contributed by atoms with Crippen LogP contribution in [0.1, 0.15) is 40.0 Å². The van der Waals surface area contributed by atoms with Gasteiger partial charge in [0, 0.05) is 39.9 Å². The number of ether oxygens (including phenoxy) is 1. The van der Waals surface area contributed by atoms with E-state index in [1.165, 1.54) is 0 Å². The van der Waals surface area contributed by atoms with Crippen LogP contribution in [0.2, 0.25) is 0 Å². The van der Waals surface area contributed by atoms with E-state index in [1.807, 2.05) is 6.92 Å². The van der Waals surface area contributed by atoms with Crippen LogP contribution >= 0.6 is 24.0 Å². The summed E-state index contributed by atoms with van der Waals surface area (Å²) in [6.07, 6.45) is 3.17. The van der Waals surface area contributed by atoms with Gasteiger partial charge in [-0.05, 0) is 40.0 Å². The molecule has 0 spiro atoms. The molecule has 1 aliphatic rings. The fourth-order valence-corrected chi connectivity index (χ4v) is 3.84. The van der Waals surface area contributed by atoms with E-state index in [1.54, 1.807) is 21.0 Å². The largest absolute Gasteiger partial charge is 0.385 e. The van der Waals surface area contributed by atoms with Crippen LogP contribution in [0.3, 0.4) is 0 Å². The Morgan fingerprint density at radius 3 is 2.57 bits per heavy atom. The summed E-state index contributed by atoms with van der Waals surface area (Å²) in [7, 11) is -1.30. The van der Waals surface area contributed by atoms with Crippen molar-refractivity contribution >= 4 is 39.8 Å². The van der Waals surface area contributed by atoms with Gasteiger partial charge in [-0.15, -0.1) is 24.0 Å². The summed E-state index contributed by atoms with van der Waals surface area (Å²) in [6, 6.07) is 0. The molecule has 0 saturated carbocycles. The first-order chi connectivity index (χ1) is 10.3. The Bertz CT molecular complexity index is 467. The molecule has 0 aliphatic carbocycles. The third-order valence-electron chi connectivity index (χ3n) is 3.95. The van der Waals surface area contributed by atoms with Gasteiger partial charge in [0.05, 0.1) is 10.5 Å². The lowest BCUT2D eigenvalue weighted by Crippen LogP contribution is -2.57. The van der Waals surface area contributed by atoms with Gasteiger partial charge in [0.15, 0.2) is 15.8 Å². The van der Waals surface area contributed by atoms with Crippen LogP contribution in [0.25, 0.3) is 0 Å². The van der Waals surface area contributed by atoms with E-state index in [9.17, 15) is 8.42 Å². The smallest absolute Gasteiger partial charge is 0.193 e. The number of rotatable bonds is 7. The maximum Gasteiger partial charge on any atom is 0.193 e. The predicted octanol–water partition coefficient (Wildman–Crippen LogP) is 1.90. The molecule has 1 saturated heterocycles. The van der Waals surface area contributed by atoms with Gasteiger partial charge < -0.3 is 15.0 Å². The van der Waals surface area contributed by atoms with Gasteiger partial charge in [0.2, 0.25) is 0 Å². The Kier molecular flexibility index (Phi) is 10.7. The third kappa shape index (κ3) is 7.13. The minimum atomic E-state index is -3.02. The predicted molar refractivity (Wildman–Crippen MR) is 107 cm³/mol. The zero-order valence-corrected chi connectivity index (χ0v) is 17.9. The topological polar surface area (TPSA) is 71.0 Å². The molecule has 1 heterocycles. The number of halogens is 1. The summed E-state index contributed by atoms with van der Waals surface area (Å²) >= 11 is 0. The first kappa shape index (κ1) is 22.9. The number of hydrogen-bond acceptors (Lipinski definition) is 4. The second-order valence-corrected chi connectivity index (χ2v) is 9.03. The second-order valence-electron chi connectivity index (χ2n) is 6.29. The Morgan fingerprint density at radius 1 is 1.30 bits per heavy atom. The number of hydrogen-bond donors (Lipinski definition) is 1. The van der Waals surface area contributed by atoms with E-state index in [-0.39, 0.29) is 29.7 Å². The molecule has 1 N–H and O–H groups in total. The fourth-order valence-electron chi connectivity index (χ4n) is 2.47. The zero-order valence-electron chi connectivity index (χ0n) is 14.8. The van der Waals surface area contributed by atoms with Gasteiger partial charge in [-0.3, -0.25) is 4.99 Å². The lowest BCUT2D eigenvalue weighted by Gasteiger charge is -2.39. The van der Waals surface area contributed by atoms with Crippen LogP contribution in [0.15, 0.2) is 4.99 Å². The van der Waals surface area contributed by atoms with Crippen molar-refractivity contribution in [2.45, 2.75) is 44.8 Å². The first-order valence-corrected chi connectivity index (χ1v) is 9.74. The molecule has 0 amide bonds. The maximum absolute atomic E-state index is 12.1. The minimum Gasteiger partial charge on any atom is -0.385 e. The Morgan fingerprint density at radius 2 is 2.00 bits per heavy atom. The van der Waals surface area contributed by atoms with E-state index in [0.717, 1.165) is 44.9 Å². The monoisotopic (exact) mass is 461 g/mol. The van der Waals surface area contributed by atoms with Crippen molar-refractivity contribution in [2.24, 2.45) is 4.99 Å². The van der Waals surface area contributed by atoms with E-state index < -0.39 is 14.6 Å². The van der Waals surface area contributed by atoms with Crippen molar-refractivity contribution in [3.05, 3.63) is 0 Å². The van der Waals surface area contributed by atoms with Crippen molar-refractivity contribution in [3.8, 4) is 0 Å². The lowest BCUT2D eigenvalue weighted by molar-refractivity contribution is 0.192. The number of sulfone groups is 1. The number of aliphatic imine (C=N–C) groups is 1. The highest BCUT2D eigenvalue weighted by Crippen LogP contribution is 2.23. The summed E-state index contributed by atoms with van der Waals surface area (Å²) in [5, 5.41) is 3.28. The van der Waals surface area contributed by atoms with Crippen LogP contribution in [-0.2, 0) is 14.6 Å². The Hall–Kier alpha value is -0.0900. The van der Waals surface area contributed by atoms with E-state index in [4.69, 9.17) is 4.74 Å². The van der Waals surface area contributed by atoms with Gasteiger partial charge in [0.25, 0.3) is 0 Å². The summed E-state index contributed by atoms with van der Waals surface area (Å²) < 4.78 is 28.5. The highest BCUT2D eigenvalue weighted by molar-refractivity contribution is 14.0. The SMILES string of the molecule is CCNC(=NCCCCCOC)N1CCS(=O)(=O)C(C)(C)C1.I. The van der Waals surface area contributed by atoms with Crippen LogP contribution in [0.4, 0.5) is 0 Å². The molecule has 1 rings (SSSR count). The molecule has 0 bridgehead atoms. The molecule has 0 aromatic rings. The Labute approximate surface area is 158 Å². The number of guanidine groups is 1. The molecule has 23 heavy (non-hydrogen) atoms. The highest BCUT2D eigenvalue weighted by atomic mass is 127. The quantitative estimate of drug-likeness (QED) is 0.272. The summed E-state index contributed by atoms with van der Waals surface area (Å²) in [4.78, 5) is 6.71. The molecule has 0 aromatic heterocycles. The molecule has 0 aromatic carbocycles. The molecule has 0 atom stereocenters. The summed E-state index contributed by atoms with van der Waals surface area (Å²) in [5.41, 5.74) is 0. The van der Waals surface area contributed by atoms with Crippen LogP contribution < -0.4 is 5.32 Å². The molecule has 0 radical (unpaired) electrons. The maximum atomic E-state index is 12.1. The van der Waals surface area contributed by atoms with Crippen molar-refractivity contribution in [1.82, 2.24) is 10.2 Å². The fraction of sp³-hybridized carbons (Fsp3) is 0.933. The number of nitrogens with one attached hydrogen (secondary N) is 1. The van der Waals surface area contributed by atoms with E-state index in [0.29, 0.717) is 13.1 Å². The third-order valence-corrected chi connectivity index (χ3v) is 6.48. The molecular weight excluding hydrogens is 429 g/mol. The molecule has 0 unspecified atom stereocenters. The van der Waals surface area contributed by atoms with Crippen molar-refractivity contribution in [3.63, 3.8) is 0 Å². The highest BCUT2D eigenvalue weighted by Gasteiger charge is 2.40. The summed E-state index contributed by atoms with van der Waals surface area (Å²) in [5.74, 6) is 1.02. The summed E-state index contributed by atoms with van der Waals surface area (Å²) in [6.45, 7) is 8.96. The van der Waals surface area contributed by atoms with Gasteiger partial charge >= 0.3 is 0 Å². The van der Waals surface area contributed by atoms with E-state index in [2.05, 4.69) is 15.2 Å². The van der Waals surface area contributed by atoms with Crippen LogP contribution in [0, 0.1) is 0 Å². The second kappa shape index (κ2) is 10.7. The first-order valence-electron chi connectivity index (χ1n) is 8.08. The average molecular weight is 461 g/mol. The molecular formula is C15H32IN3O3S. The number of nitrogens with zero attached hydrogens (tertiary/aromatic N) is 2. The normalized spacial score (nSPS) is 20.0. The Balaban J connectivity index is 0.00000484. The minimum absolute atomic E-state index is 0. The molecule has 1 aliphatic heterocycles. The van der Waals surface area contributed by atoms with Gasteiger partial charge in [-0.2, -0.15) is 0 Å². The van der Waals surface area contributed by atoms with Gasteiger partial charge in [-0.25, -0.2) is 8.42 Å². The number of methoxy groups -OCH3 is 1. The molecule has 138 valence electrons. The van der Waals surface area contributed by atoms with Crippen LogP contribution in [0.5, 0.6) is 0 Å². The van der Waals surface area contributed by atoms with Crippen molar-refractivity contribution in [2.75, 3.05) is 45.6 Å². The molecule has 6 nitrogen and oxygen atoms in total. The van der Waals surface area contributed by atoms with Crippen molar-refractivity contribution < 1.29 is 13.2 Å². The van der Waals surface area contributed by atoms with Gasteiger partial charge in [0.1, 0.15) is 0 Å². The van der Waals surface area contributed by atoms with E-state index >= 15 is 0 Å². The zero-order chi connectivity index (χ0) is 16.6. The number of unbranched alkanes of at least 4 members (excludes halogenated alkanes) is 2. The molecule has 8 heteroatoms.